The number of thiophene rings is 1. The van der Waals surface area contributed by atoms with E-state index in [1.165, 1.54) is 17.6 Å². The zero-order valence-electron chi connectivity index (χ0n) is 11.8. The molecule has 2 aromatic heterocycles. The highest BCUT2D eigenvalue weighted by molar-refractivity contribution is 7.12. The highest BCUT2D eigenvalue weighted by Gasteiger charge is 2.17. The number of nitrogens with zero attached hydrogens (tertiary/aromatic N) is 1. The van der Waals surface area contributed by atoms with Gasteiger partial charge in [-0.3, -0.25) is 14.6 Å². The Bertz CT molecular complexity index is 664. The van der Waals surface area contributed by atoms with Crippen molar-refractivity contribution in [2.75, 3.05) is 13.1 Å². The zero-order chi connectivity index (χ0) is 16.7. The second-order valence-electron chi connectivity index (χ2n) is 4.25. The van der Waals surface area contributed by atoms with Crippen molar-refractivity contribution in [3.05, 3.63) is 46.4 Å². The molecule has 0 aliphatic rings. The molecule has 0 radical (unpaired) electrons. The molecule has 0 fully saturated rings. The van der Waals surface area contributed by atoms with Gasteiger partial charge in [-0.1, -0.05) is 0 Å². The number of ether oxygens (including phenoxy) is 1. The third-order valence-corrected chi connectivity index (χ3v) is 3.57. The molecule has 0 saturated heterocycles. The van der Waals surface area contributed by atoms with E-state index in [0.717, 1.165) is 11.3 Å². The van der Waals surface area contributed by atoms with Crippen LogP contribution in [0.25, 0.3) is 0 Å². The van der Waals surface area contributed by atoms with Gasteiger partial charge < -0.3 is 15.4 Å². The van der Waals surface area contributed by atoms with Crippen LogP contribution in [-0.4, -0.2) is 36.5 Å². The maximum Gasteiger partial charge on any atom is 0.387 e. The summed E-state index contributed by atoms with van der Waals surface area (Å²) in [6, 6.07) is 4.55. The van der Waals surface area contributed by atoms with Gasteiger partial charge in [0.25, 0.3) is 11.8 Å². The predicted molar refractivity (Wildman–Crippen MR) is 79.9 cm³/mol. The van der Waals surface area contributed by atoms with Gasteiger partial charge in [-0.05, 0) is 23.6 Å². The number of hydrogen-bond donors (Lipinski definition) is 2. The molecule has 9 heteroatoms. The molecule has 2 amide bonds. The van der Waals surface area contributed by atoms with Crippen LogP contribution in [0.2, 0.25) is 0 Å². The number of rotatable bonds is 7. The quantitative estimate of drug-likeness (QED) is 0.754. The smallest absolute Gasteiger partial charge is 0.387 e. The molecule has 2 heterocycles. The summed E-state index contributed by atoms with van der Waals surface area (Å²) in [6.45, 7) is -2.65. The summed E-state index contributed by atoms with van der Waals surface area (Å²) in [4.78, 5) is 27.5. The molecule has 0 unspecified atom stereocenters. The number of nitrogens with one attached hydrogen (secondary N) is 2. The molecule has 2 rings (SSSR count). The van der Waals surface area contributed by atoms with Crippen LogP contribution in [0.4, 0.5) is 8.78 Å². The molecular formula is C14H13F2N3O3S. The normalized spacial score (nSPS) is 10.4. The van der Waals surface area contributed by atoms with E-state index in [2.05, 4.69) is 20.4 Å². The average molecular weight is 341 g/mol. The lowest BCUT2D eigenvalue weighted by molar-refractivity contribution is -0.0498. The standard InChI is InChI=1S/C14H13F2N3O3S/c15-14(16)22-10-3-7-23-11(10)13(21)19-6-5-18-12(20)9-2-1-4-17-8-9/h1-4,7-8,14H,5-6H2,(H,18,20)(H,19,21). The largest absolute Gasteiger partial charge is 0.433 e. The molecule has 23 heavy (non-hydrogen) atoms. The van der Waals surface area contributed by atoms with E-state index < -0.39 is 12.5 Å². The summed E-state index contributed by atoms with van der Waals surface area (Å²) in [5.41, 5.74) is 0.407. The Labute approximate surface area is 134 Å². The van der Waals surface area contributed by atoms with Crippen molar-refractivity contribution in [3.8, 4) is 5.75 Å². The van der Waals surface area contributed by atoms with Crippen LogP contribution in [0.1, 0.15) is 20.0 Å². The molecule has 0 aliphatic heterocycles. The highest BCUT2D eigenvalue weighted by Crippen LogP contribution is 2.26. The maximum atomic E-state index is 12.2. The van der Waals surface area contributed by atoms with Gasteiger partial charge in [-0.25, -0.2) is 0 Å². The summed E-state index contributed by atoms with van der Waals surface area (Å²) in [7, 11) is 0. The predicted octanol–water partition coefficient (Wildman–Crippen LogP) is 1.90. The van der Waals surface area contributed by atoms with Crippen LogP contribution in [0, 0.1) is 0 Å². The molecule has 0 spiro atoms. The zero-order valence-corrected chi connectivity index (χ0v) is 12.6. The molecule has 0 aliphatic carbocycles. The van der Waals surface area contributed by atoms with Crippen molar-refractivity contribution in [1.82, 2.24) is 15.6 Å². The maximum absolute atomic E-state index is 12.2. The monoisotopic (exact) mass is 341 g/mol. The van der Waals surface area contributed by atoms with Gasteiger partial charge in [0, 0.05) is 25.5 Å². The minimum Gasteiger partial charge on any atom is -0.433 e. The van der Waals surface area contributed by atoms with Gasteiger partial charge >= 0.3 is 6.61 Å². The first-order chi connectivity index (χ1) is 11.1. The van der Waals surface area contributed by atoms with E-state index in [9.17, 15) is 18.4 Å². The summed E-state index contributed by atoms with van der Waals surface area (Å²) < 4.78 is 28.6. The van der Waals surface area contributed by atoms with Gasteiger partial charge in [-0.2, -0.15) is 8.78 Å². The van der Waals surface area contributed by atoms with Gasteiger partial charge in [0.2, 0.25) is 0 Å². The number of aromatic nitrogens is 1. The van der Waals surface area contributed by atoms with Gasteiger partial charge in [0.05, 0.1) is 5.56 Å². The summed E-state index contributed by atoms with van der Waals surface area (Å²) in [5, 5.41) is 6.61. The average Bonchev–Trinajstić information content (AvgIpc) is 2.99. The van der Waals surface area contributed by atoms with Crippen molar-refractivity contribution in [2.45, 2.75) is 6.61 Å². The fraction of sp³-hybridized carbons (Fsp3) is 0.214. The van der Waals surface area contributed by atoms with Crippen molar-refractivity contribution in [3.63, 3.8) is 0 Å². The first-order valence-corrected chi connectivity index (χ1v) is 7.44. The molecule has 122 valence electrons. The van der Waals surface area contributed by atoms with E-state index in [1.54, 1.807) is 18.3 Å². The molecule has 2 N–H and O–H groups in total. The third-order valence-electron chi connectivity index (χ3n) is 2.67. The number of carbonyl (C=O) groups is 2. The Morgan fingerprint density at radius 3 is 2.61 bits per heavy atom. The molecule has 0 saturated carbocycles. The first kappa shape index (κ1) is 16.8. The minimum absolute atomic E-state index is 0.0592. The summed E-state index contributed by atoms with van der Waals surface area (Å²) in [6.07, 6.45) is 2.98. The topological polar surface area (TPSA) is 80.3 Å². The van der Waals surface area contributed by atoms with Crippen LogP contribution in [0.5, 0.6) is 5.75 Å². The number of halogens is 2. The number of carbonyl (C=O) groups excluding carboxylic acids is 2. The van der Waals surface area contributed by atoms with Crippen LogP contribution in [0.15, 0.2) is 36.0 Å². The first-order valence-electron chi connectivity index (χ1n) is 6.56. The molecule has 6 nitrogen and oxygen atoms in total. The Morgan fingerprint density at radius 1 is 1.22 bits per heavy atom. The lowest BCUT2D eigenvalue weighted by atomic mass is 10.3. The Hall–Kier alpha value is -2.55. The van der Waals surface area contributed by atoms with Crippen molar-refractivity contribution >= 4 is 23.2 Å². The lowest BCUT2D eigenvalue weighted by Gasteiger charge is -2.08. The number of hydrogen-bond acceptors (Lipinski definition) is 5. The molecule has 0 atom stereocenters. The molecule has 0 aromatic carbocycles. The summed E-state index contributed by atoms with van der Waals surface area (Å²) >= 11 is 0.995. The third kappa shape index (κ3) is 4.99. The molecular weight excluding hydrogens is 328 g/mol. The Balaban J connectivity index is 1.77. The van der Waals surface area contributed by atoms with Crippen molar-refractivity contribution < 1.29 is 23.1 Å². The van der Waals surface area contributed by atoms with E-state index in [-0.39, 0.29) is 29.6 Å². The van der Waals surface area contributed by atoms with E-state index in [1.807, 2.05) is 0 Å². The van der Waals surface area contributed by atoms with Gasteiger partial charge in [-0.15, -0.1) is 11.3 Å². The number of amides is 2. The van der Waals surface area contributed by atoms with Crippen molar-refractivity contribution in [1.29, 1.82) is 0 Å². The van der Waals surface area contributed by atoms with Gasteiger partial charge in [0.1, 0.15) is 10.6 Å². The van der Waals surface area contributed by atoms with E-state index in [0.29, 0.717) is 5.56 Å². The van der Waals surface area contributed by atoms with E-state index >= 15 is 0 Å². The molecule has 2 aromatic rings. The van der Waals surface area contributed by atoms with Gasteiger partial charge in [0.15, 0.2) is 0 Å². The van der Waals surface area contributed by atoms with Crippen LogP contribution in [0.3, 0.4) is 0 Å². The fourth-order valence-corrected chi connectivity index (χ4v) is 2.42. The lowest BCUT2D eigenvalue weighted by Crippen LogP contribution is -2.34. The Morgan fingerprint density at radius 2 is 1.96 bits per heavy atom. The van der Waals surface area contributed by atoms with Crippen molar-refractivity contribution in [2.24, 2.45) is 0 Å². The van der Waals surface area contributed by atoms with Crippen LogP contribution in [-0.2, 0) is 0 Å². The highest BCUT2D eigenvalue weighted by atomic mass is 32.1. The number of alkyl halides is 2. The second-order valence-corrected chi connectivity index (χ2v) is 5.16. The van der Waals surface area contributed by atoms with Crippen LogP contribution < -0.4 is 15.4 Å². The minimum atomic E-state index is -2.99. The van der Waals surface area contributed by atoms with E-state index in [4.69, 9.17) is 0 Å². The number of pyridine rings is 1. The Kier molecular flexibility index (Phi) is 5.98. The fourth-order valence-electron chi connectivity index (χ4n) is 1.68. The summed E-state index contributed by atoms with van der Waals surface area (Å²) in [5.74, 6) is -1.02. The SMILES string of the molecule is O=C(NCCNC(=O)c1sccc1OC(F)F)c1cccnc1. The second kappa shape index (κ2) is 8.18. The van der Waals surface area contributed by atoms with Crippen LogP contribution >= 0.6 is 11.3 Å². The molecule has 0 bridgehead atoms.